The van der Waals surface area contributed by atoms with Crippen molar-refractivity contribution in [2.75, 3.05) is 13.7 Å². The largest absolute Gasteiger partial charge is 0.411 e. The second kappa shape index (κ2) is 7.75. The molecule has 2 fully saturated rings. The first-order valence-corrected chi connectivity index (χ1v) is 13.1. The lowest BCUT2D eigenvalue weighted by molar-refractivity contribution is -0.177. The van der Waals surface area contributed by atoms with Crippen LogP contribution in [0, 0.1) is 0 Å². The zero-order valence-corrected chi connectivity index (χ0v) is 19.8. The van der Waals surface area contributed by atoms with Crippen molar-refractivity contribution >= 4 is 8.32 Å². The Morgan fingerprint density at radius 3 is 2.26 bits per heavy atom. The topological polar surface area (TPSA) is 51.2 Å². The van der Waals surface area contributed by atoms with E-state index in [-0.39, 0.29) is 16.7 Å². The summed E-state index contributed by atoms with van der Waals surface area (Å²) in [5.74, 6) is 0. The van der Waals surface area contributed by atoms with Gasteiger partial charge in [-0.25, -0.2) is 0 Å². The fraction of sp³-hybridized carbons (Fsp3) is 0.818. The Morgan fingerprint density at radius 1 is 1.22 bits per heavy atom. The monoisotopic (exact) mass is 396 g/mol. The number of epoxide rings is 1. The maximum atomic E-state index is 12.0. The molecule has 1 aliphatic carbocycles. The van der Waals surface area contributed by atoms with E-state index in [9.17, 15) is 5.11 Å². The molecule has 0 unspecified atom stereocenters. The average Bonchev–Trinajstić information content (AvgIpc) is 3.29. The summed E-state index contributed by atoms with van der Waals surface area (Å²) in [5, 5.41) is 12.1. The average molecular weight is 397 g/mol. The number of hydrogen-bond donors (Lipinski definition) is 1. The van der Waals surface area contributed by atoms with Gasteiger partial charge < -0.3 is 19.0 Å². The molecule has 0 aromatic carbocycles. The van der Waals surface area contributed by atoms with Crippen molar-refractivity contribution in [1.29, 1.82) is 0 Å². The van der Waals surface area contributed by atoms with Gasteiger partial charge in [0.05, 0.1) is 12.7 Å². The Morgan fingerprint density at radius 2 is 1.81 bits per heavy atom. The zero-order valence-electron chi connectivity index (χ0n) is 18.8. The van der Waals surface area contributed by atoms with Crippen LogP contribution in [0.25, 0.3) is 0 Å². The molecule has 1 saturated heterocycles. The molecule has 2 aliphatic rings. The molecule has 0 radical (unpaired) electrons. The van der Waals surface area contributed by atoms with Crippen molar-refractivity contribution in [3.8, 4) is 0 Å². The molecule has 1 heterocycles. The SMILES string of the molecule is CO[C@@H]1[C@]2(CC[C@H](O[Si](C)(C)C(C)(C)C)[C@@]1(O)/C(C)=C/CC=C(C)C)CO2. The summed E-state index contributed by atoms with van der Waals surface area (Å²) in [6.07, 6.45) is 6.06. The Bertz CT molecular complexity index is 594. The van der Waals surface area contributed by atoms with Gasteiger partial charge in [0.2, 0.25) is 0 Å². The van der Waals surface area contributed by atoms with E-state index in [1.807, 2.05) is 6.92 Å². The lowest BCUT2D eigenvalue weighted by atomic mass is 9.69. The van der Waals surface area contributed by atoms with Crippen molar-refractivity contribution in [1.82, 2.24) is 0 Å². The normalized spacial score (nSPS) is 34.7. The molecule has 1 N–H and O–H groups in total. The summed E-state index contributed by atoms with van der Waals surface area (Å²) in [7, 11) is -0.362. The number of aliphatic hydroxyl groups is 1. The van der Waals surface area contributed by atoms with Gasteiger partial charge in [-0.05, 0) is 63.7 Å². The number of hydrogen-bond acceptors (Lipinski definition) is 4. The van der Waals surface area contributed by atoms with E-state index >= 15 is 0 Å². The van der Waals surface area contributed by atoms with Gasteiger partial charge in [-0.2, -0.15) is 0 Å². The molecule has 0 bridgehead atoms. The van der Waals surface area contributed by atoms with Crippen molar-refractivity contribution in [3.63, 3.8) is 0 Å². The van der Waals surface area contributed by atoms with E-state index in [1.54, 1.807) is 7.11 Å². The summed E-state index contributed by atoms with van der Waals surface area (Å²) >= 11 is 0. The Balaban J connectivity index is 2.40. The number of rotatable bonds is 6. The van der Waals surface area contributed by atoms with Crippen LogP contribution in [0.2, 0.25) is 18.1 Å². The third-order valence-electron chi connectivity index (χ3n) is 6.77. The van der Waals surface area contributed by atoms with Crippen molar-refractivity contribution < 1.29 is 19.0 Å². The summed E-state index contributed by atoms with van der Waals surface area (Å²) in [4.78, 5) is 0. The predicted octanol–water partition coefficient (Wildman–Crippen LogP) is 4.99. The molecule has 4 nitrogen and oxygen atoms in total. The lowest BCUT2D eigenvalue weighted by Crippen LogP contribution is -2.66. The van der Waals surface area contributed by atoms with E-state index in [4.69, 9.17) is 13.9 Å². The van der Waals surface area contributed by atoms with Crippen LogP contribution in [0.4, 0.5) is 0 Å². The van der Waals surface area contributed by atoms with Crippen LogP contribution in [-0.2, 0) is 13.9 Å². The van der Waals surface area contributed by atoms with Crippen molar-refractivity contribution in [2.24, 2.45) is 0 Å². The van der Waals surface area contributed by atoms with E-state index in [0.29, 0.717) is 6.61 Å². The van der Waals surface area contributed by atoms with Gasteiger partial charge in [0, 0.05) is 7.11 Å². The molecule has 1 spiro atoms. The number of allylic oxidation sites excluding steroid dienone is 3. The Hall–Kier alpha value is -0.463. The maximum absolute atomic E-state index is 12.0. The van der Waals surface area contributed by atoms with Crippen molar-refractivity contribution in [3.05, 3.63) is 23.3 Å². The maximum Gasteiger partial charge on any atom is 0.192 e. The first-order chi connectivity index (χ1) is 12.3. The third kappa shape index (κ3) is 4.43. The summed E-state index contributed by atoms with van der Waals surface area (Å²) < 4.78 is 18.4. The van der Waals surface area contributed by atoms with Gasteiger partial charge in [0.25, 0.3) is 0 Å². The molecule has 27 heavy (non-hydrogen) atoms. The summed E-state index contributed by atoms with van der Waals surface area (Å²) in [6, 6.07) is 0. The minimum atomic E-state index is -2.04. The molecule has 1 aliphatic heterocycles. The van der Waals surface area contributed by atoms with Crippen LogP contribution in [-0.4, -0.2) is 50.6 Å². The molecule has 0 amide bonds. The van der Waals surface area contributed by atoms with Gasteiger partial charge in [0.1, 0.15) is 17.3 Å². The standard InChI is InChI=1S/C22H40O4Si/c1-16(2)11-10-12-17(3)22(23)18(26-27(8,9)20(4,5)6)13-14-21(15-25-21)19(22)24-7/h11-12,18-19,23H,10,13-15H2,1-9H3/b17-12+/t18-,19+,21-,22-/m0/s1. The van der Waals surface area contributed by atoms with E-state index in [0.717, 1.165) is 24.8 Å². The van der Waals surface area contributed by atoms with E-state index < -0.39 is 20.0 Å². The molecule has 0 aromatic heterocycles. The molecule has 5 heteroatoms. The molecular formula is C22H40O4Si. The third-order valence-corrected chi connectivity index (χ3v) is 11.3. The minimum absolute atomic E-state index is 0.0847. The first kappa shape index (κ1) is 22.8. The van der Waals surface area contributed by atoms with Crippen LogP contribution in [0.15, 0.2) is 23.3 Å². The second-order valence-electron chi connectivity index (χ2n) is 10.1. The lowest BCUT2D eigenvalue weighted by Gasteiger charge is -2.51. The Kier molecular flexibility index (Phi) is 6.55. The molecule has 156 valence electrons. The first-order valence-electron chi connectivity index (χ1n) is 10.2. The molecule has 4 atom stereocenters. The zero-order chi connectivity index (χ0) is 20.7. The van der Waals surface area contributed by atoms with Crippen LogP contribution in [0.5, 0.6) is 0 Å². The van der Waals surface area contributed by atoms with Gasteiger partial charge in [-0.3, -0.25) is 0 Å². The fourth-order valence-corrected chi connectivity index (χ4v) is 5.22. The molecule has 1 saturated carbocycles. The summed E-state index contributed by atoms with van der Waals surface area (Å²) in [6.45, 7) is 18.0. The van der Waals surface area contributed by atoms with E-state index in [2.05, 4.69) is 59.9 Å². The van der Waals surface area contributed by atoms with Crippen LogP contribution >= 0.6 is 0 Å². The van der Waals surface area contributed by atoms with E-state index in [1.165, 1.54) is 5.57 Å². The quantitative estimate of drug-likeness (QED) is 0.390. The van der Waals surface area contributed by atoms with Gasteiger partial charge in [-0.15, -0.1) is 0 Å². The minimum Gasteiger partial charge on any atom is -0.411 e. The smallest absolute Gasteiger partial charge is 0.192 e. The Labute approximate surface area is 167 Å². The highest BCUT2D eigenvalue weighted by atomic mass is 28.4. The summed E-state index contributed by atoms with van der Waals surface area (Å²) in [5.41, 5.74) is 0.663. The van der Waals surface area contributed by atoms with Gasteiger partial charge in [-0.1, -0.05) is 38.5 Å². The van der Waals surface area contributed by atoms with Crippen molar-refractivity contribution in [2.45, 2.75) is 102 Å². The molecule has 0 aromatic rings. The van der Waals surface area contributed by atoms with Crippen LogP contribution in [0.3, 0.4) is 0 Å². The van der Waals surface area contributed by atoms with Gasteiger partial charge >= 0.3 is 0 Å². The predicted molar refractivity (Wildman–Crippen MR) is 114 cm³/mol. The van der Waals surface area contributed by atoms with Crippen LogP contribution < -0.4 is 0 Å². The highest BCUT2D eigenvalue weighted by molar-refractivity contribution is 6.74. The molecular weight excluding hydrogens is 356 g/mol. The number of ether oxygens (including phenoxy) is 2. The number of methoxy groups -OCH3 is 1. The van der Waals surface area contributed by atoms with Crippen LogP contribution in [0.1, 0.15) is 60.8 Å². The highest BCUT2D eigenvalue weighted by Gasteiger charge is 2.66. The van der Waals surface area contributed by atoms with Gasteiger partial charge in [0.15, 0.2) is 8.32 Å². The second-order valence-corrected chi connectivity index (χ2v) is 14.9. The fourth-order valence-electron chi connectivity index (χ4n) is 3.86. The highest BCUT2D eigenvalue weighted by Crippen LogP contribution is 2.52. The molecule has 2 rings (SSSR count).